The number of amides is 1. The molecule has 0 N–H and O–H groups in total. The molecule has 0 aliphatic heterocycles. The summed E-state index contributed by atoms with van der Waals surface area (Å²) in [5.41, 5.74) is 1.65. The number of nitrogens with zero attached hydrogens (tertiary/aromatic N) is 3. The number of aromatic nitrogens is 2. The Balaban J connectivity index is 2.19. The van der Waals surface area contributed by atoms with E-state index in [9.17, 15) is 4.79 Å². The molecule has 1 heterocycles. The third-order valence-electron chi connectivity index (χ3n) is 3.61. The Kier molecular flexibility index (Phi) is 4.88. The molecule has 0 aliphatic carbocycles. The van der Waals surface area contributed by atoms with Crippen LogP contribution in [-0.2, 0) is 11.3 Å². The van der Waals surface area contributed by atoms with Crippen LogP contribution in [0.2, 0.25) is 0 Å². The van der Waals surface area contributed by atoms with E-state index in [1.54, 1.807) is 4.90 Å². The van der Waals surface area contributed by atoms with Crippen molar-refractivity contribution in [2.75, 3.05) is 0 Å². The van der Waals surface area contributed by atoms with Gasteiger partial charge in [0, 0.05) is 17.0 Å². The molecule has 2 aromatic rings. The summed E-state index contributed by atoms with van der Waals surface area (Å²) < 4.78 is 5.34. The van der Waals surface area contributed by atoms with E-state index in [2.05, 4.69) is 10.1 Å². The Morgan fingerprint density at radius 1 is 1.22 bits per heavy atom. The highest BCUT2D eigenvalue weighted by molar-refractivity contribution is 5.81. The maximum atomic E-state index is 12.6. The van der Waals surface area contributed by atoms with Crippen molar-refractivity contribution < 1.29 is 9.32 Å². The van der Waals surface area contributed by atoms with Gasteiger partial charge in [0.05, 0.1) is 0 Å². The quantitative estimate of drug-likeness (QED) is 0.860. The lowest BCUT2D eigenvalue weighted by Crippen LogP contribution is -2.43. The fourth-order valence-corrected chi connectivity index (χ4v) is 2.20. The lowest BCUT2D eigenvalue weighted by atomic mass is 9.94. The summed E-state index contributed by atoms with van der Waals surface area (Å²) in [4.78, 5) is 18.8. The van der Waals surface area contributed by atoms with Crippen molar-refractivity contribution in [3.05, 3.63) is 35.7 Å². The Morgan fingerprint density at radius 3 is 2.35 bits per heavy atom. The van der Waals surface area contributed by atoms with Crippen molar-refractivity contribution in [2.24, 2.45) is 5.41 Å². The molecule has 5 heteroatoms. The predicted octanol–water partition coefficient (Wildman–Crippen LogP) is 3.83. The summed E-state index contributed by atoms with van der Waals surface area (Å²) in [6.07, 6.45) is 0. The first kappa shape index (κ1) is 17.2. The molecule has 0 spiro atoms. The van der Waals surface area contributed by atoms with E-state index in [-0.39, 0.29) is 11.9 Å². The maximum Gasteiger partial charge on any atom is 0.246 e. The normalized spacial score (nSPS) is 11.8. The molecule has 1 aromatic carbocycles. The van der Waals surface area contributed by atoms with Crippen LogP contribution in [0.4, 0.5) is 0 Å². The summed E-state index contributed by atoms with van der Waals surface area (Å²) in [6, 6.07) is 8.01. The van der Waals surface area contributed by atoms with Gasteiger partial charge < -0.3 is 9.42 Å². The molecule has 0 saturated carbocycles. The van der Waals surface area contributed by atoms with Gasteiger partial charge in [-0.15, -0.1) is 0 Å². The zero-order valence-electron chi connectivity index (χ0n) is 14.8. The lowest BCUT2D eigenvalue weighted by molar-refractivity contribution is -0.142. The Morgan fingerprint density at radius 2 is 1.83 bits per heavy atom. The molecule has 5 nitrogen and oxygen atoms in total. The van der Waals surface area contributed by atoms with Gasteiger partial charge in [0.25, 0.3) is 0 Å². The molecule has 0 bridgehead atoms. The molecule has 2 rings (SSSR count). The highest BCUT2D eigenvalue weighted by Crippen LogP contribution is 2.22. The standard InChI is InChI=1S/C18H25N3O2/c1-12(2)21(17(22)18(4,5)6)11-15-19-16(20-23-15)14-9-7-13(3)8-10-14/h7-10,12H,11H2,1-6H3. The van der Waals surface area contributed by atoms with Crippen LogP contribution in [0, 0.1) is 12.3 Å². The van der Waals surface area contributed by atoms with Gasteiger partial charge in [0.15, 0.2) is 0 Å². The highest BCUT2D eigenvalue weighted by Gasteiger charge is 2.30. The maximum absolute atomic E-state index is 12.6. The third kappa shape index (κ3) is 4.18. The minimum absolute atomic E-state index is 0.0662. The van der Waals surface area contributed by atoms with E-state index in [0.29, 0.717) is 18.3 Å². The van der Waals surface area contributed by atoms with E-state index >= 15 is 0 Å². The summed E-state index contributed by atoms with van der Waals surface area (Å²) in [5, 5.41) is 4.03. The summed E-state index contributed by atoms with van der Waals surface area (Å²) in [5.74, 6) is 1.07. The molecule has 0 atom stereocenters. The molecule has 1 amide bonds. The van der Waals surface area contributed by atoms with Gasteiger partial charge in [-0.2, -0.15) is 4.98 Å². The monoisotopic (exact) mass is 315 g/mol. The van der Waals surface area contributed by atoms with Crippen molar-refractivity contribution in [3.63, 3.8) is 0 Å². The van der Waals surface area contributed by atoms with Crippen LogP contribution in [-0.4, -0.2) is 27.0 Å². The van der Waals surface area contributed by atoms with Crippen molar-refractivity contribution in [3.8, 4) is 11.4 Å². The van der Waals surface area contributed by atoms with Gasteiger partial charge >= 0.3 is 0 Å². The van der Waals surface area contributed by atoms with Crippen molar-refractivity contribution in [2.45, 2.75) is 54.1 Å². The first-order valence-electron chi connectivity index (χ1n) is 7.89. The second-order valence-corrected chi connectivity index (χ2v) is 7.15. The molecule has 23 heavy (non-hydrogen) atoms. The van der Waals surface area contributed by atoms with Gasteiger partial charge in [0.1, 0.15) is 6.54 Å². The summed E-state index contributed by atoms with van der Waals surface area (Å²) in [6.45, 7) is 12.1. The highest BCUT2D eigenvalue weighted by atomic mass is 16.5. The zero-order chi connectivity index (χ0) is 17.2. The van der Waals surface area contributed by atoms with E-state index in [0.717, 1.165) is 5.56 Å². The molecule has 0 aliphatic rings. The van der Waals surface area contributed by atoms with Crippen LogP contribution < -0.4 is 0 Å². The summed E-state index contributed by atoms with van der Waals surface area (Å²) >= 11 is 0. The van der Waals surface area contributed by atoms with Crippen LogP contribution in [0.25, 0.3) is 11.4 Å². The van der Waals surface area contributed by atoms with E-state index in [1.807, 2.05) is 65.8 Å². The zero-order valence-corrected chi connectivity index (χ0v) is 14.8. The third-order valence-corrected chi connectivity index (χ3v) is 3.61. The van der Waals surface area contributed by atoms with Crippen molar-refractivity contribution in [1.29, 1.82) is 0 Å². The average molecular weight is 315 g/mol. The molecule has 0 radical (unpaired) electrons. The van der Waals surface area contributed by atoms with Crippen molar-refractivity contribution in [1.82, 2.24) is 15.0 Å². The van der Waals surface area contributed by atoms with Crippen molar-refractivity contribution >= 4 is 5.91 Å². The fourth-order valence-electron chi connectivity index (χ4n) is 2.20. The number of carbonyl (C=O) groups excluding carboxylic acids is 1. The van der Waals surface area contributed by atoms with Gasteiger partial charge in [-0.25, -0.2) is 0 Å². The number of rotatable bonds is 4. The molecule has 0 unspecified atom stereocenters. The largest absolute Gasteiger partial charge is 0.337 e. The van der Waals surface area contributed by atoms with Crippen LogP contribution in [0.15, 0.2) is 28.8 Å². The molecule has 0 fully saturated rings. The average Bonchev–Trinajstić information content (AvgIpc) is 2.92. The molecule has 124 valence electrons. The number of hydrogen-bond acceptors (Lipinski definition) is 4. The first-order valence-corrected chi connectivity index (χ1v) is 7.89. The Bertz CT molecular complexity index is 666. The topological polar surface area (TPSA) is 59.2 Å². The van der Waals surface area contributed by atoms with Gasteiger partial charge in [-0.3, -0.25) is 4.79 Å². The molecule has 0 saturated heterocycles. The van der Waals surface area contributed by atoms with E-state index < -0.39 is 5.41 Å². The second kappa shape index (κ2) is 6.52. The molecule has 1 aromatic heterocycles. The number of aryl methyl sites for hydroxylation is 1. The van der Waals surface area contributed by atoms with Gasteiger partial charge in [0.2, 0.25) is 17.6 Å². The number of benzene rings is 1. The predicted molar refractivity (Wildman–Crippen MR) is 89.6 cm³/mol. The smallest absolute Gasteiger partial charge is 0.246 e. The number of carbonyl (C=O) groups is 1. The molecular weight excluding hydrogens is 290 g/mol. The van der Waals surface area contributed by atoms with Crippen LogP contribution in [0.5, 0.6) is 0 Å². The fraction of sp³-hybridized carbons (Fsp3) is 0.500. The summed E-state index contributed by atoms with van der Waals surface area (Å²) in [7, 11) is 0. The van der Waals surface area contributed by atoms with Gasteiger partial charge in [-0.05, 0) is 20.8 Å². The minimum atomic E-state index is -0.440. The van der Waals surface area contributed by atoms with E-state index in [1.165, 1.54) is 5.56 Å². The first-order chi connectivity index (χ1) is 10.7. The van der Waals surface area contributed by atoms with Crippen LogP contribution >= 0.6 is 0 Å². The van der Waals surface area contributed by atoms with Crippen LogP contribution in [0.3, 0.4) is 0 Å². The SMILES string of the molecule is Cc1ccc(-c2noc(CN(C(=O)C(C)(C)C)C(C)C)n2)cc1. The second-order valence-electron chi connectivity index (χ2n) is 7.15. The minimum Gasteiger partial charge on any atom is -0.337 e. The Labute approximate surface area is 137 Å². The van der Waals surface area contributed by atoms with Gasteiger partial charge in [-0.1, -0.05) is 55.8 Å². The van der Waals surface area contributed by atoms with E-state index in [4.69, 9.17) is 4.52 Å². The molecular formula is C18H25N3O2. The Hall–Kier alpha value is -2.17. The lowest BCUT2D eigenvalue weighted by Gasteiger charge is -2.31. The number of hydrogen-bond donors (Lipinski definition) is 0. The van der Waals surface area contributed by atoms with Crippen LogP contribution in [0.1, 0.15) is 46.1 Å².